The molecule has 96 valence electrons. The van der Waals surface area contributed by atoms with Gasteiger partial charge in [-0.25, -0.2) is 4.39 Å². The van der Waals surface area contributed by atoms with Crippen LogP contribution >= 0.6 is 0 Å². The van der Waals surface area contributed by atoms with Gasteiger partial charge >= 0.3 is 0 Å². The molecule has 0 amide bonds. The molecule has 0 radical (unpaired) electrons. The Morgan fingerprint density at radius 3 is 2.83 bits per heavy atom. The molecule has 5 nitrogen and oxygen atoms in total. The first kappa shape index (κ1) is 12.5. The maximum absolute atomic E-state index is 13.9. The lowest BCUT2D eigenvalue weighted by molar-refractivity contribution is -0.111. The van der Waals surface area contributed by atoms with Crippen molar-refractivity contribution in [1.82, 2.24) is 10.9 Å². The molecule has 1 aliphatic heterocycles. The van der Waals surface area contributed by atoms with E-state index in [9.17, 15) is 9.18 Å². The van der Waals surface area contributed by atoms with E-state index in [2.05, 4.69) is 21.1 Å². The van der Waals surface area contributed by atoms with Gasteiger partial charge in [-0.15, -0.1) is 0 Å². The SMILES string of the molecule is CCC1CC=CC(F)=C1C1=NNC(C(C)=O)=NN1. The normalized spacial score (nSPS) is 22.9. The van der Waals surface area contributed by atoms with E-state index in [0.717, 1.165) is 12.8 Å². The van der Waals surface area contributed by atoms with E-state index in [1.54, 1.807) is 0 Å². The second-order valence-electron chi connectivity index (χ2n) is 4.21. The lowest BCUT2D eigenvalue weighted by Gasteiger charge is -2.23. The molecular formula is C12H15FN4O. The van der Waals surface area contributed by atoms with Gasteiger partial charge in [0.2, 0.25) is 5.84 Å². The highest BCUT2D eigenvalue weighted by Gasteiger charge is 2.25. The molecule has 1 aliphatic carbocycles. The number of ketones is 1. The minimum absolute atomic E-state index is 0.0807. The van der Waals surface area contributed by atoms with Gasteiger partial charge in [0.1, 0.15) is 5.83 Å². The molecule has 2 aliphatic rings. The summed E-state index contributed by atoms with van der Waals surface area (Å²) in [6.07, 6.45) is 4.85. The van der Waals surface area contributed by atoms with E-state index in [1.165, 1.54) is 13.0 Å². The maximum Gasteiger partial charge on any atom is 0.209 e. The van der Waals surface area contributed by atoms with Gasteiger partial charge in [-0.3, -0.25) is 15.6 Å². The number of nitrogens with zero attached hydrogens (tertiary/aromatic N) is 2. The van der Waals surface area contributed by atoms with Crippen molar-refractivity contribution in [3.63, 3.8) is 0 Å². The van der Waals surface area contributed by atoms with Gasteiger partial charge in [0.15, 0.2) is 11.6 Å². The quantitative estimate of drug-likeness (QED) is 0.799. The van der Waals surface area contributed by atoms with Crippen LogP contribution in [0.2, 0.25) is 0 Å². The van der Waals surface area contributed by atoms with Crippen LogP contribution in [0.25, 0.3) is 0 Å². The Kier molecular flexibility index (Phi) is 3.55. The average Bonchev–Trinajstić information content (AvgIpc) is 2.38. The Morgan fingerprint density at radius 1 is 1.50 bits per heavy atom. The Hall–Kier alpha value is -1.98. The third-order valence-corrected chi connectivity index (χ3v) is 2.98. The predicted octanol–water partition coefficient (Wildman–Crippen LogP) is 1.60. The molecule has 0 bridgehead atoms. The van der Waals surface area contributed by atoms with Crippen LogP contribution in [0.1, 0.15) is 26.7 Å². The lowest BCUT2D eigenvalue weighted by atomic mass is 9.88. The summed E-state index contributed by atoms with van der Waals surface area (Å²) in [7, 11) is 0. The van der Waals surface area contributed by atoms with E-state index in [-0.39, 0.29) is 23.4 Å². The minimum atomic E-state index is -0.303. The number of carbonyl (C=O) groups is 1. The van der Waals surface area contributed by atoms with E-state index in [1.807, 2.05) is 13.0 Å². The van der Waals surface area contributed by atoms with Crippen LogP contribution in [0.3, 0.4) is 0 Å². The summed E-state index contributed by atoms with van der Waals surface area (Å²) in [5.74, 6) is 0.0166. The molecule has 0 aromatic heterocycles. The fraction of sp³-hybridized carbons (Fsp3) is 0.417. The fourth-order valence-electron chi connectivity index (χ4n) is 1.96. The Balaban J connectivity index is 2.23. The number of carbonyl (C=O) groups excluding carboxylic acids is 1. The summed E-state index contributed by atoms with van der Waals surface area (Å²) in [5.41, 5.74) is 5.68. The summed E-state index contributed by atoms with van der Waals surface area (Å²) in [6, 6.07) is 0. The van der Waals surface area contributed by atoms with Crippen molar-refractivity contribution in [2.45, 2.75) is 26.7 Å². The largest absolute Gasteiger partial charge is 0.291 e. The van der Waals surface area contributed by atoms with Gasteiger partial charge in [-0.05, 0) is 24.8 Å². The Bertz CT molecular complexity index is 490. The van der Waals surface area contributed by atoms with Crippen molar-refractivity contribution in [1.29, 1.82) is 0 Å². The number of allylic oxidation sites excluding steroid dienone is 3. The van der Waals surface area contributed by atoms with Crippen LogP contribution in [0, 0.1) is 5.92 Å². The first-order chi connectivity index (χ1) is 8.63. The van der Waals surface area contributed by atoms with Gasteiger partial charge in [-0.1, -0.05) is 13.0 Å². The molecule has 1 unspecified atom stereocenters. The highest BCUT2D eigenvalue weighted by molar-refractivity contribution is 6.38. The molecule has 6 heteroatoms. The van der Waals surface area contributed by atoms with Crippen LogP contribution in [0.15, 0.2) is 33.8 Å². The monoisotopic (exact) mass is 250 g/mol. The molecular weight excluding hydrogens is 235 g/mol. The molecule has 1 heterocycles. The third kappa shape index (κ3) is 2.32. The second kappa shape index (κ2) is 5.12. The zero-order valence-electron chi connectivity index (χ0n) is 10.3. The van der Waals surface area contributed by atoms with Gasteiger partial charge in [0.25, 0.3) is 0 Å². The van der Waals surface area contributed by atoms with Crippen LogP contribution in [-0.2, 0) is 4.79 Å². The number of halogens is 1. The molecule has 0 saturated heterocycles. The zero-order valence-corrected chi connectivity index (χ0v) is 10.3. The average molecular weight is 250 g/mol. The van der Waals surface area contributed by atoms with E-state index >= 15 is 0 Å². The maximum atomic E-state index is 13.9. The summed E-state index contributed by atoms with van der Waals surface area (Å²) >= 11 is 0. The Labute approximate surface area is 105 Å². The van der Waals surface area contributed by atoms with Crippen LogP contribution in [0.4, 0.5) is 4.39 Å². The van der Waals surface area contributed by atoms with Gasteiger partial charge in [0, 0.05) is 12.5 Å². The smallest absolute Gasteiger partial charge is 0.209 e. The number of Topliss-reactive ketones (excluding diaryl/α,β-unsaturated/α-hetero) is 1. The van der Waals surface area contributed by atoms with Crippen LogP contribution in [0.5, 0.6) is 0 Å². The Morgan fingerprint density at radius 2 is 2.28 bits per heavy atom. The van der Waals surface area contributed by atoms with Crippen molar-refractivity contribution in [2.75, 3.05) is 0 Å². The van der Waals surface area contributed by atoms with Crippen molar-refractivity contribution in [3.8, 4) is 0 Å². The molecule has 0 aromatic rings. The molecule has 2 N–H and O–H groups in total. The lowest BCUT2D eigenvalue weighted by Crippen LogP contribution is -2.39. The molecule has 0 fully saturated rings. The van der Waals surface area contributed by atoms with E-state index in [4.69, 9.17) is 0 Å². The fourth-order valence-corrected chi connectivity index (χ4v) is 1.96. The standard InChI is InChI=1S/C12H15FN4O/c1-3-8-5-4-6-9(13)10(8)12-16-14-11(7(2)18)15-17-12/h4,6,8H,3,5H2,1-2H3,(H,14,15)(H,16,17). The zero-order chi connectivity index (χ0) is 13.1. The molecule has 0 spiro atoms. The topological polar surface area (TPSA) is 65.8 Å². The van der Waals surface area contributed by atoms with Gasteiger partial charge in [-0.2, -0.15) is 10.2 Å². The molecule has 18 heavy (non-hydrogen) atoms. The highest BCUT2D eigenvalue weighted by atomic mass is 19.1. The minimum Gasteiger partial charge on any atom is -0.291 e. The first-order valence-electron chi connectivity index (χ1n) is 5.88. The number of hydrogen-bond donors (Lipinski definition) is 2. The van der Waals surface area contributed by atoms with E-state index in [0.29, 0.717) is 11.4 Å². The molecule has 0 saturated carbocycles. The molecule has 0 aromatic carbocycles. The van der Waals surface area contributed by atoms with Crippen molar-refractivity contribution >= 4 is 17.5 Å². The summed E-state index contributed by atoms with van der Waals surface area (Å²) in [6.45, 7) is 3.38. The van der Waals surface area contributed by atoms with Crippen LogP contribution in [-0.4, -0.2) is 17.5 Å². The van der Waals surface area contributed by atoms with Crippen molar-refractivity contribution < 1.29 is 9.18 Å². The first-order valence-corrected chi connectivity index (χ1v) is 5.88. The predicted molar refractivity (Wildman–Crippen MR) is 67.5 cm³/mol. The highest BCUT2D eigenvalue weighted by Crippen LogP contribution is 2.29. The van der Waals surface area contributed by atoms with Crippen molar-refractivity contribution in [2.24, 2.45) is 16.1 Å². The molecule has 2 rings (SSSR count). The molecule has 1 atom stereocenters. The van der Waals surface area contributed by atoms with E-state index < -0.39 is 0 Å². The summed E-state index contributed by atoms with van der Waals surface area (Å²) < 4.78 is 13.9. The second-order valence-corrected chi connectivity index (χ2v) is 4.21. The van der Waals surface area contributed by atoms with Gasteiger partial charge < -0.3 is 0 Å². The number of hydrazone groups is 2. The van der Waals surface area contributed by atoms with Crippen molar-refractivity contribution in [3.05, 3.63) is 23.6 Å². The number of nitrogens with one attached hydrogen (secondary N) is 2. The number of amidine groups is 2. The van der Waals surface area contributed by atoms with Crippen LogP contribution < -0.4 is 10.9 Å². The third-order valence-electron chi connectivity index (χ3n) is 2.98. The summed E-state index contributed by atoms with van der Waals surface area (Å²) in [5, 5.41) is 7.82. The van der Waals surface area contributed by atoms with Gasteiger partial charge in [0.05, 0.1) is 0 Å². The number of hydrogen-bond acceptors (Lipinski definition) is 5. The number of rotatable bonds is 3. The summed E-state index contributed by atoms with van der Waals surface area (Å²) in [4.78, 5) is 11.1.